The highest BCUT2D eigenvalue weighted by molar-refractivity contribution is 14.0. The Labute approximate surface area is 178 Å². The molecule has 0 saturated carbocycles. The van der Waals surface area contributed by atoms with Gasteiger partial charge in [-0.25, -0.2) is 0 Å². The third-order valence-electron chi connectivity index (χ3n) is 5.87. The van der Waals surface area contributed by atoms with Crippen molar-refractivity contribution in [1.29, 1.82) is 0 Å². The molecule has 0 aromatic carbocycles. The quantitative estimate of drug-likeness (QED) is 0.344. The van der Waals surface area contributed by atoms with Crippen LogP contribution in [0.1, 0.15) is 40.5 Å². The zero-order valence-electron chi connectivity index (χ0n) is 17.5. The fourth-order valence-electron chi connectivity index (χ4n) is 3.84. The maximum Gasteiger partial charge on any atom is 0.191 e. The average Bonchev–Trinajstić information content (AvgIpc) is 2.65. The number of piperidine rings is 1. The zero-order valence-corrected chi connectivity index (χ0v) is 19.8. The van der Waals surface area contributed by atoms with E-state index < -0.39 is 0 Å². The molecule has 2 aliphatic rings. The number of aliphatic imine (C=N–C) groups is 1. The standard InChI is InChI=1S/C19H40N6.HI/c1-6-23-11-13-25(14-12-23)17(4)15-21-19(20-5)22-18-7-9-24(10-8-18)16(2)3;/h16-18H,6-15H2,1-5H3,(H2,20,21,22);1H. The first-order valence-corrected chi connectivity index (χ1v) is 10.2. The Morgan fingerprint density at radius 3 is 2.12 bits per heavy atom. The Morgan fingerprint density at radius 2 is 1.62 bits per heavy atom. The van der Waals surface area contributed by atoms with Gasteiger partial charge in [0.1, 0.15) is 0 Å². The number of likely N-dealkylation sites (N-methyl/N-ethyl adjacent to an activating group) is 1. The van der Waals surface area contributed by atoms with E-state index in [0.29, 0.717) is 18.1 Å². The van der Waals surface area contributed by atoms with Crippen LogP contribution in [0.15, 0.2) is 4.99 Å². The first-order chi connectivity index (χ1) is 12.0. The number of guanidine groups is 1. The summed E-state index contributed by atoms with van der Waals surface area (Å²) in [4.78, 5) is 12.1. The lowest BCUT2D eigenvalue weighted by Crippen LogP contribution is -2.54. The Morgan fingerprint density at radius 1 is 1.00 bits per heavy atom. The predicted octanol–water partition coefficient (Wildman–Crippen LogP) is 1.67. The zero-order chi connectivity index (χ0) is 18.2. The highest BCUT2D eigenvalue weighted by Crippen LogP contribution is 2.12. The van der Waals surface area contributed by atoms with Gasteiger partial charge < -0.3 is 20.4 Å². The van der Waals surface area contributed by atoms with Crippen LogP contribution in [0.2, 0.25) is 0 Å². The summed E-state index contributed by atoms with van der Waals surface area (Å²) in [7, 11) is 1.88. The number of halogens is 1. The molecular formula is C19H41IN6. The fourth-order valence-corrected chi connectivity index (χ4v) is 3.84. The van der Waals surface area contributed by atoms with E-state index in [0.717, 1.165) is 12.5 Å². The smallest absolute Gasteiger partial charge is 0.191 e. The molecule has 2 fully saturated rings. The van der Waals surface area contributed by atoms with Crippen LogP contribution < -0.4 is 10.6 Å². The van der Waals surface area contributed by atoms with Gasteiger partial charge in [0.25, 0.3) is 0 Å². The minimum absolute atomic E-state index is 0. The van der Waals surface area contributed by atoms with Crippen LogP contribution in [0, 0.1) is 0 Å². The molecule has 1 unspecified atom stereocenters. The van der Waals surface area contributed by atoms with E-state index in [1.165, 1.54) is 58.7 Å². The number of rotatable bonds is 6. The average molecular weight is 480 g/mol. The lowest BCUT2D eigenvalue weighted by molar-refractivity contribution is 0.107. The number of piperazine rings is 1. The van der Waals surface area contributed by atoms with Gasteiger partial charge in [0.15, 0.2) is 5.96 Å². The van der Waals surface area contributed by atoms with E-state index >= 15 is 0 Å². The predicted molar refractivity (Wildman–Crippen MR) is 123 cm³/mol. The maximum absolute atomic E-state index is 4.43. The third-order valence-corrected chi connectivity index (χ3v) is 5.87. The molecule has 0 amide bonds. The molecule has 1 atom stereocenters. The topological polar surface area (TPSA) is 46.1 Å². The van der Waals surface area contributed by atoms with Crippen LogP contribution >= 0.6 is 24.0 Å². The van der Waals surface area contributed by atoms with E-state index in [1.54, 1.807) is 0 Å². The summed E-state index contributed by atoms with van der Waals surface area (Å²) in [6.45, 7) is 18.4. The van der Waals surface area contributed by atoms with Crippen molar-refractivity contribution >= 4 is 29.9 Å². The van der Waals surface area contributed by atoms with E-state index in [-0.39, 0.29) is 24.0 Å². The second kappa shape index (κ2) is 12.4. The summed E-state index contributed by atoms with van der Waals surface area (Å²) < 4.78 is 0. The largest absolute Gasteiger partial charge is 0.355 e. The monoisotopic (exact) mass is 480 g/mol. The first kappa shape index (κ1) is 23.9. The van der Waals surface area contributed by atoms with Gasteiger partial charge in [0.05, 0.1) is 0 Å². The molecule has 0 aromatic rings. The Kier molecular flexibility index (Phi) is 11.4. The molecule has 0 spiro atoms. The van der Waals surface area contributed by atoms with Crippen LogP contribution in [-0.4, -0.2) is 98.2 Å². The van der Waals surface area contributed by atoms with Gasteiger partial charge in [-0.15, -0.1) is 24.0 Å². The van der Waals surface area contributed by atoms with Gasteiger partial charge in [-0.05, 0) is 40.2 Å². The van der Waals surface area contributed by atoms with Crippen molar-refractivity contribution in [1.82, 2.24) is 25.3 Å². The fraction of sp³-hybridized carbons (Fsp3) is 0.947. The normalized spacial score (nSPS) is 22.9. The summed E-state index contributed by atoms with van der Waals surface area (Å²) >= 11 is 0. The SMILES string of the molecule is CCN1CCN(C(C)CNC(=NC)NC2CCN(C(C)C)CC2)CC1.I. The Balaban J connectivity index is 0.00000338. The molecule has 26 heavy (non-hydrogen) atoms. The lowest BCUT2D eigenvalue weighted by atomic mass is 10.0. The lowest BCUT2D eigenvalue weighted by Gasteiger charge is -2.38. The molecular weight excluding hydrogens is 439 g/mol. The minimum Gasteiger partial charge on any atom is -0.355 e. The highest BCUT2D eigenvalue weighted by Gasteiger charge is 2.23. The van der Waals surface area contributed by atoms with Crippen LogP contribution in [0.4, 0.5) is 0 Å². The van der Waals surface area contributed by atoms with E-state index in [1.807, 2.05) is 7.05 Å². The molecule has 2 saturated heterocycles. The molecule has 0 aromatic heterocycles. The third kappa shape index (κ3) is 7.48. The molecule has 6 nitrogen and oxygen atoms in total. The van der Waals surface area contributed by atoms with Crippen LogP contribution in [0.5, 0.6) is 0 Å². The van der Waals surface area contributed by atoms with Gasteiger partial charge >= 0.3 is 0 Å². The van der Waals surface area contributed by atoms with Gasteiger partial charge in [-0.3, -0.25) is 9.89 Å². The molecule has 0 aliphatic carbocycles. The summed E-state index contributed by atoms with van der Waals surface area (Å²) in [5.74, 6) is 0.960. The Hall–Kier alpha value is -0.120. The maximum atomic E-state index is 4.43. The number of nitrogens with zero attached hydrogens (tertiary/aromatic N) is 4. The molecule has 7 heteroatoms. The second-order valence-corrected chi connectivity index (χ2v) is 7.82. The summed E-state index contributed by atoms with van der Waals surface area (Å²) in [5.41, 5.74) is 0. The first-order valence-electron chi connectivity index (χ1n) is 10.2. The number of nitrogens with one attached hydrogen (secondary N) is 2. The summed E-state index contributed by atoms with van der Waals surface area (Å²) in [6, 6.07) is 1.75. The van der Waals surface area contributed by atoms with E-state index in [9.17, 15) is 0 Å². The van der Waals surface area contributed by atoms with Crippen molar-refractivity contribution in [3.05, 3.63) is 0 Å². The summed E-state index contributed by atoms with van der Waals surface area (Å²) in [5, 5.41) is 7.17. The molecule has 154 valence electrons. The second-order valence-electron chi connectivity index (χ2n) is 7.82. The van der Waals surface area contributed by atoms with Crippen molar-refractivity contribution in [3.63, 3.8) is 0 Å². The van der Waals surface area contributed by atoms with Crippen molar-refractivity contribution in [2.75, 3.05) is 59.4 Å². The highest BCUT2D eigenvalue weighted by atomic mass is 127. The molecule has 0 bridgehead atoms. The number of hydrogen-bond acceptors (Lipinski definition) is 4. The molecule has 2 rings (SSSR count). The summed E-state index contributed by atoms with van der Waals surface area (Å²) in [6.07, 6.45) is 2.40. The van der Waals surface area contributed by atoms with Crippen molar-refractivity contribution < 1.29 is 0 Å². The van der Waals surface area contributed by atoms with Crippen molar-refractivity contribution in [2.24, 2.45) is 4.99 Å². The molecule has 2 heterocycles. The van der Waals surface area contributed by atoms with Gasteiger partial charge in [-0.2, -0.15) is 0 Å². The van der Waals surface area contributed by atoms with Crippen molar-refractivity contribution in [2.45, 2.75) is 58.7 Å². The Bertz CT molecular complexity index is 401. The van der Waals surface area contributed by atoms with E-state index in [2.05, 4.69) is 58.0 Å². The number of hydrogen-bond donors (Lipinski definition) is 2. The molecule has 2 N–H and O–H groups in total. The van der Waals surface area contributed by atoms with Gasteiger partial charge in [0, 0.05) is 71.0 Å². The number of likely N-dealkylation sites (tertiary alicyclic amines) is 1. The minimum atomic E-state index is 0. The van der Waals surface area contributed by atoms with Crippen LogP contribution in [0.25, 0.3) is 0 Å². The van der Waals surface area contributed by atoms with E-state index in [4.69, 9.17) is 0 Å². The molecule has 2 aliphatic heterocycles. The van der Waals surface area contributed by atoms with Gasteiger partial charge in [0.2, 0.25) is 0 Å². The molecule has 0 radical (unpaired) electrons. The van der Waals surface area contributed by atoms with Gasteiger partial charge in [-0.1, -0.05) is 6.92 Å². The van der Waals surface area contributed by atoms with Crippen molar-refractivity contribution in [3.8, 4) is 0 Å². The van der Waals surface area contributed by atoms with Crippen LogP contribution in [0.3, 0.4) is 0 Å². The van der Waals surface area contributed by atoms with Crippen LogP contribution in [-0.2, 0) is 0 Å².